The first-order valence-corrected chi connectivity index (χ1v) is 6.35. The van der Waals surface area contributed by atoms with Gasteiger partial charge in [-0.2, -0.15) is 0 Å². The Kier molecular flexibility index (Phi) is 2.60. The largest absolute Gasteiger partial charge is 0.302 e. The average Bonchev–Trinajstić information content (AvgIpc) is 2.73. The third kappa shape index (κ3) is 1.71. The Morgan fingerprint density at radius 1 is 1.19 bits per heavy atom. The van der Waals surface area contributed by atoms with Crippen molar-refractivity contribution >= 4 is 17.1 Å². The number of nitrogens with zero attached hydrogens (tertiary/aromatic N) is 2. The summed E-state index contributed by atoms with van der Waals surface area (Å²) in [5.41, 5.74) is 1.14. The standard InChI is InChI=1S/C13H15ClN2/c14-11-6-7-12-8-15-13(16(12)9-11)10-4-2-1-3-5-10/h6-10H,1-5H2. The Balaban J connectivity index is 2.05. The Hall–Kier alpha value is -1.02. The molecule has 2 aromatic heterocycles. The molecule has 2 heterocycles. The van der Waals surface area contributed by atoms with Crippen LogP contribution in [0.3, 0.4) is 0 Å². The van der Waals surface area contributed by atoms with Crippen LogP contribution in [0.25, 0.3) is 5.52 Å². The molecular formula is C13H15ClN2. The maximum atomic E-state index is 6.04. The van der Waals surface area contributed by atoms with Crippen LogP contribution in [-0.2, 0) is 0 Å². The van der Waals surface area contributed by atoms with Crippen LogP contribution >= 0.6 is 11.6 Å². The van der Waals surface area contributed by atoms with Crippen molar-refractivity contribution in [1.82, 2.24) is 9.38 Å². The number of aromatic nitrogens is 2. The molecular weight excluding hydrogens is 220 g/mol. The number of hydrogen-bond acceptors (Lipinski definition) is 1. The summed E-state index contributed by atoms with van der Waals surface area (Å²) in [5, 5.41) is 0.780. The maximum absolute atomic E-state index is 6.04. The van der Waals surface area contributed by atoms with Gasteiger partial charge in [-0.1, -0.05) is 30.9 Å². The maximum Gasteiger partial charge on any atom is 0.116 e. The summed E-state index contributed by atoms with van der Waals surface area (Å²) < 4.78 is 2.15. The minimum absolute atomic E-state index is 0.620. The topological polar surface area (TPSA) is 17.3 Å². The van der Waals surface area contributed by atoms with E-state index < -0.39 is 0 Å². The summed E-state index contributed by atoms with van der Waals surface area (Å²) in [6.45, 7) is 0. The van der Waals surface area contributed by atoms with Crippen molar-refractivity contribution < 1.29 is 0 Å². The normalized spacial score (nSPS) is 18.1. The second kappa shape index (κ2) is 4.10. The van der Waals surface area contributed by atoms with Gasteiger partial charge in [0.25, 0.3) is 0 Å². The zero-order valence-electron chi connectivity index (χ0n) is 9.19. The summed E-state index contributed by atoms with van der Waals surface area (Å²) in [5.74, 6) is 1.81. The molecule has 3 heteroatoms. The molecule has 1 fully saturated rings. The Morgan fingerprint density at radius 2 is 2.00 bits per heavy atom. The highest BCUT2D eigenvalue weighted by Crippen LogP contribution is 2.32. The van der Waals surface area contributed by atoms with E-state index in [4.69, 9.17) is 11.6 Å². The second-order valence-corrected chi connectivity index (χ2v) is 5.03. The monoisotopic (exact) mass is 234 g/mol. The molecule has 0 spiro atoms. The second-order valence-electron chi connectivity index (χ2n) is 4.59. The highest BCUT2D eigenvalue weighted by atomic mass is 35.5. The van der Waals surface area contributed by atoms with Crippen molar-refractivity contribution in [3.05, 3.63) is 35.4 Å². The molecule has 3 rings (SSSR count). The average molecular weight is 235 g/mol. The highest BCUT2D eigenvalue weighted by molar-refractivity contribution is 6.30. The van der Waals surface area contributed by atoms with E-state index in [0.717, 1.165) is 10.5 Å². The molecule has 0 aliphatic heterocycles. The highest BCUT2D eigenvalue weighted by Gasteiger charge is 2.19. The quantitative estimate of drug-likeness (QED) is 0.728. The van der Waals surface area contributed by atoms with Crippen LogP contribution in [0.4, 0.5) is 0 Å². The number of rotatable bonds is 1. The first-order chi connectivity index (χ1) is 7.84. The fraction of sp³-hybridized carbons (Fsp3) is 0.462. The molecule has 0 bridgehead atoms. The molecule has 1 aliphatic rings. The molecule has 2 aromatic rings. The van der Waals surface area contributed by atoms with Gasteiger partial charge in [0.2, 0.25) is 0 Å². The van der Waals surface area contributed by atoms with Gasteiger partial charge in [-0.3, -0.25) is 0 Å². The first-order valence-electron chi connectivity index (χ1n) is 5.97. The van der Waals surface area contributed by atoms with E-state index in [0.29, 0.717) is 5.92 Å². The number of fused-ring (bicyclic) bond motifs is 1. The minimum atomic E-state index is 0.620. The minimum Gasteiger partial charge on any atom is -0.302 e. The van der Waals surface area contributed by atoms with Crippen LogP contribution in [0.2, 0.25) is 5.02 Å². The molecule has 0 atom stereocenters. The summed E-state index contributed by atoms with van der Waals surface area (Å²) >= 11 is 6.04. The Labute approximate surface area is 100 Å². The number of pyridine rings is 1. The van der Waals surface area contributed by atoms with E-state index in [9.17, 15) is 0 Å². The van der Waals surface area contributed by atoms with Crippen molar-refractivity contribution in [2.45, 2.75) is 38.0 Å². The third-order valence-corrected chi connectivity index (χ3v) is 3.71. The fourth-order valence-corrected chi connectivity index (χ4v) is 2.81. The molecule has 16 heavy (non-hydrogen) atoms. The first kappa shape index (κ1) is 10.2. The van der Waals surface area contributed by atoms with E-state index in [2.05, 4.69) is 9.38 Å². The van der Waals surface area contributed by atoms with Crippen LogP contribution in [0.5, 0.6) is 0 Å². The molecule has 1 aliphatic carbocycles. The summed E-state index contributed by atoms with van der Waals surface area (Å²) in [7, 11) is 0. The lowest BCUT2D eigenvalue weighted by molar-refractivity contribution is 0.428. The smallest absolute Gasteiger partial charge is 0.116 e. The van der Waals surface area contributed by atoms with E-state index in [-0.39, 0.29) is 0 Å². The van der Waals surface area contributed by atoms with Crippen LogP contribution < -0.4 is 0 Å². The molecule has 2 nitrogen and oxygen atoms in total. The van der Waals surface area contributed by atoms with Crippen molar-refractivity contribution in [2.75, 3.05) is 0 Å². The van der Waals surface area contributed by atoms with Crippen molar-refractivity contribution in [1.29, 1.82) is 0 Å². The molecule has 0 radical (unpaired) electrons. The van der Waals surface area contributed by atoms with Gasteiger partial charge in [0, 0.05) is 12.1 Å². The van der Waals surface area contributed by atoms with Crippen molar-refractivity contribution in [3.8, 4) is 0 Å². The van der Waals surface area contributed by atoms with Gasteiger partial charge in [0.05, 0.1) is 16.7 Å². The number of hydrogen-bond donors (Lipinski definition) is 0. The van der Waals surface area contributed by atoms with Crippen molar-refractivity contribution in [2.24, 2.45) is 0 Å². The third-order valence-electron chi connectivity index (χ3n) is 3.49. The SMILES string of the molecule is Clc1ccc2cnc(C3CCCCC3)n2c1. The van der Waals surface area contributed by atoms with Gasteiger partial charge < -0.3 is 4.40 Å². The summed E-state index contributed by atoms with van der Waals surface area (Å²) in [6, 6.07) is 3.95. The van der Waals surface area contributed by atoms with E-state index in [1.807, 2.05) is 24.5 Å². The predicted molar refractivity (Wildman–Crippen MR) is 66.0 cm³/mol. The van der Waals surface area contributed by atoms with E-state index >= 15 is 0 Å². The van der Waals surface area contributed by atoms with E-state index in [1.54, 1.807) is 0 Å². The molecule has 0 aromatic carbocycles. The van der Waals surface area contributed by atoms with Crippen LogP contribution in [0.15, 0.2) is 24.5 Å². The molecule has 84 valence electrons. The molecule has 0 unspecified atom stereocenters. The molecule has 0 N–H and O–H groups in total. The van der Waals surface area contributed by atoms with Crippen LogP contribution in [-0.4, -0.2) is 9.38 Å². The van der Waals surface area contributed by atoms with Gasteiger partial charge >= 0.3 is 0 Å². The zero-order chi connectivity index (χ0) is 11.0. The fourth-order valence-electron chi connectivity index (χ4n) is 2.65. The van der Waals surface area contributed by atoms with E-state index in [1.165, 1.54) is 37.9 Å². The van der Waals surface area contributed by atoms with Crippen LogP contribution in [0.1, 0.15) is 43.8 Å². The zero-order valence-corrected chi connectivity index (χ0v) is 9.95. The lowest BCUT2D eigenvalue weighted by atomic mass is 9.89. The summed E-state index contributed by atoms with van der Waals surface area (Å²) in [6.07, 6.45) is 10.5. The lowest BCUT2D eigenvalue weighted by Crippen LogP contribution is -2.08. The van der Waals surface area contributed by atoms with Crippen LogP contribution in [0, 0.1) is 0 Å². The van der Waals surface area contributed by atoms with Gasteiger partial charge in [-0.05, 0) is 25.0 Å². The number of imidazole rings is 1. The Morgan fingerprint density at radius 3 is 2.81 bits per heavy atom. The predicted octanol–water partition coefficient (Wildman–Crippen LogP) is 4.04. The molecule has 0 amide bonds. The summed E-state index contributed by atoms with van der Waals surface area (Å²) in [4.78, 5) is 4.56. The van der Waals surface area contributed by atoms with Gasteiger partial charge in [-0.25, -0.2) is 4.98 Å². The van der Waals surface area contributed by atoms with Gasteiger partial charge in [0.15, 0.2) is 0 Å². The number of halogens is 1. The molecule has 1 saturated carbocycles. The molecule has 0 saturated heterocycles. The Bertz CT molecular complexity index is 498. The lowest BCUT2D eigenvalue weighted by Gasteiger charge is -2.20. The van der Waals surface area contributed by atoms with Gasteiger partial charge in [-0.15, -0.1) is 0 Å². The van der Waals surface area contributed by atoms with Gasteiger partial charge in [0.1, 0.15) is 5.82 Å². The van der Waals surface area contributed by atoms with Crippen molar-refractivity contribution in [3.63, 3.8) is 0 Å².